The number of hydrogen-bond acceptors (Lipinski definition) is 2. The maximum atomic E-state index is 14.2. The lowest BCUT2D eigenvalue weighted by molar-refractivity contribution is 0.423. The Morgan fingerprint density at radius 2 is 1.95 bits per heavy atom. The fourth-order valence-corrected chi connectivity index (χ4v) is 2.58. The van der Waals surface area contributed by atoms with Gasteiger partial charge in [0.25, 0.3) is 0 Å². The molecule has 21 heavy (non-hydrogen) atoms. The molecule has 112 valence electrons. The first-order valence-electron chi connectivity index (χ1n) is 7.07. The second kappa shape index (κ2) is 7.75. The number of ether oxygens (including phenoxy) is 1. The highest BCUT2D eigenvalue weighted by molar-refractivity contribution is 14.1. The first kappa shape index (κ1) is 16.2. The molecule has 0 amide bonds. The summed E-state index contributed by atoms with van der Waals surface area (Å²) in [6.07, 6.45) is 1.03. The summed E-state index contributed by atoms with van der Waals surface area (Å²) in [6, 6.07) is 12.7. The molecule has 2 aromatic carbocycles. The van der Waals surface area contributed by atoms with E-state index in [0.29, 0.717) is 11.5 Å². The lowest BCUT2D eigenvalue weighted by atomic mass is 10.1. The molecule has 0 aliphatic heterocycles. The molecule has 1 unspecified atom stereocenters. The Morgan fingerprint density at radius 3 is 2.67 bits per heavy atom. The number of nitrogens with one attached hydrogen (secondary N) is 1. The molecule has 1 atom stereocenters. The van der Waals surface area contributed by atoms with Crippen LogP contribution < -0.4 is 10.1 Å². The summed E-state index contributed by atoms with van der Waals surface area (Å²) in [6.45, 7) is 5.02. The fourth-order valence-electron chi connectivity index (χ4n) is 2.08. The van der Waals surface area contributed by atoms with E-state index in [2.05, 4.69) is 34.8 Å². The van der Waals surface area contributed by atoms with Crippen molar-refractivity contribution in [1.29, 1.82) is 0 Å². The topological polar surface area (TPSA) is 21.3 Å². The molecule has 0 spiro atoms. The monoisotopic (exact) mass is 399 g/mol. The van der Waals surface area contributed by atoms with Crippen LogP contribution in [0.25, 0.3) is 0 Å². The number of para-hydroxylation sites is 2. The van der Waals surface area contributed by atoms with E-state index in [-0.39, 0.29) is 11.9 Å². The van der Waals surface area contributed by atoms with E-state index in [9.17, 15) is 4.39 Å². The largest absolute Gasteiger partial charge is 0.453 e. The molecule has 4 heteroatoms. The third kappa shape index (κ3) is 4.17. The van der Waals surface area contributed by atoms with Gasteiger partial charge in [0.15, 0.2) is 11.6 Å². The zero-order chi connectivity index (χ0) is 15.2. The normalized spacial score (nSPS) is 12.2. The molecular formula is C17H19FINO. The van der Waals surface area contributed by atoms with E-state index in [1.165, 1.54) is 6.07 Å². The maximum Gasteiger partial charge on any atom is 0.167 e. The van der Waals surface area contributed by atoms with Crippen LogP contribution in [0.1, 0.15) is 31.9 Å². The summed E-state index contributed by atoms with van der Waals surface area (Å²) >= 11 is 2.19. The van der Waals surface area contributed by atoms with Crippen LogP contribution in [0, 0.1) is 9.39 Å². The predicted molar refractivity (Wildman–Crippen MR) is 92.3 cm³/mol. The van der Waals surface area contributed by atoms with Gasteiger partial charge in [-0.3, -0.25) is 0 Å². The smallest absolute Gasteiger partial charge is 0.167 e. The summed E-state index contributed by atoms with van der Waals surface area (Å²) in [5, 5.41) is 3.37. The van der Waals surface area contributed by atoms with Crippen LogP contribution in [-0.4, -0.2) is 6.54 Å². The molecule has 0 saturated carbocycles. The van der Waals surface area contributed by atoms with Crippen LogP contribution in [0.5, 0.6) is 11.5 Å². The molecule has 0 saturated heterocycles. The van der Waals surface area contributed by atoms with Gasteiger partial charge in [0.1, 0.15) is 5.75 Å². The van der Waals surface area contributed by atoms with Crippen molar-refractivity contribution in [3.63, 3.8) is 0 Å². The summed E-state index contributed by atoms with van der Waals surface area (Å²) < 4.78 is 21.0. The molecule has 0 aromatic heterocycles. The van der Waals surface area contributed by atoms with Crippen molar-refractivity contribution in [2.45, 2.75) is 26.3 Å². The van der Waals surface area contributed by atoms with E-state index >= 15 is 0 Å². The van der Waals surface area contributed by atoms with Gasteiger partial charge < -0.3 is 10.1 Å². The summed E-state index contributed by atoms with van der Waals surface area (Å²) in [4.78, 5) is 0. The first-order valence-corrected chi connectivity index (χ1v) is 8.15. The molecular weight excluding hydrogens is 380 g/mol. The highest BCUT2D eigenvalue weighted by Gasteiger charge is 2.16. The van der Waals surface area contributed by atoms with Crippen LogP contribution in [0.15, 0.2) is 42.5 Å². The molecule has 2 nitrogen and oxygen atoms in total. The van der Waals surface area contributed by atoms with Gasteiger partial charge in [-0.15, -0.1) is 0 Å². The van der Waals surface area contributed by atoms with Crippen molar-refractivity contribution >= 4 is 22.6 Å². The van der Waals surface area contributed by atoms with Crippen LogP contribution >= 0.6 is 22.6 Å². The van der Waals surface area contributed by atoms with E-state index < -0.39 is 0 Å². The standard InChI is InChI=1S/C17H19FINO/c1-3-11-20-12(2)13-7-6-8-14(18)17(13)21-16-10-5-4-9-15(16)19/h4-10,12,20H,3,11H2,1-2H3. The van der Waals surface area contributed by atoms with Crippen LogP contribution in [-0.2, 0) is 0 Å². The third-order valence-corrected chi connectivity index (χ3v) is 4.10. The van der Waals surface area contributed by atoms with Crippen LogP contribution in [0.2, 0.25) is 0 Å². The van der Waals surface area contributed by atoms with Crippen LogP contribution in [0.3, 0.4) is 0 Å². The van der Waals surface area contributed by atoms with Crippen molar-refractivity contribution in [3.05, 3.63) is 57.4 Å². The average Bonchev–Trinajstić information content (AvgIpc) is 2.49. The highest BCUT2D eigenvalue weighted by Crippen LogP contribution is 2.34. The van der Waals surface area contributed by atoms with Gasteiger partial charge in [0.2, 0.25) is 0 Å². The van der Waals surface area contributed by atoms with Crippen molar-refractivity contribution < 1.29 is 9.13 Å². The molecule has 0 radical (unpaired) electrons. The fraction of sp³-hybridized carbons (Fsp3) is 0.294. The Labute approximate surface area is 138 Å². The average molecular weight is 399 g/mol. The second-order valence-corrected chi connectivity index (χ2v) is 6.03. The zero-order valence-electron chi connectivity index (χ0n) is 12.2. The van der Waals surface area contributed by atoms with E-state index in [0.717, 1.165) is 22.1 Å². The van der Waals surface area contributed by atoms with Gasteiger partial charge in [-0.25, -0.2) is 4.39 Å². The van der Waals surface area contributed by atoms with E-state index in [1.54, 1.807) is 6.07 Å². The Bertz CT molecular complexity index is 603. The molecule has 0 bridgehead atoms. The molecule has 0 fully saturated rings. The Morgan fingerprint density at radius 1 is 1.19 bits per heavy atom. The Hall–Kier alpha value is -1.14. The minimum atomic E-state index is -0.336. The highest BCUT2D eigenvalue weighted by atomic mass is 127. The molecule has 0 aliphatic rings. The van der Waals surface area contributed by atoms with Gasteiger partial charge in [-0.1, -0.05) is 31.2 Å². The first-order chi connectivity index (χ1) is 10.1. The molecule has 2 rings (SSSR count). The minimum absolute atomic E-state index is 0.0389. The Kier molecular flexibility index (Phi) is 5.99. The van der Waals surface area contributed by atoms with E-state index in [4.69, 9.17) is 4.74 Å². The zero-order valence-corrected chi connectivity index (χ0v) is 14.4. The quantitative estimate of drug-likeness (QED) is 0.668. The predicted octanol–water partition coefficient (Wildman–Crippen LogP) is 5.28. The summed E-state index contributed by atoms with van der Waals surface area (Å²) in [5.41, 5.74) is 0.836. The lowest BCUT2D eigenvalue weighted by Crippen LogP contribution is -2.20. The molecule has 0 heterocycles. The van der Waals surface area contributed by atoms with Gasteiger partial charge in [-0.2, -0.15) is 0 Å². The molecule has 2 aromatic rings. The maximum absolute atomic E-state index is 14.2. The SMILES string of the molecule is CCCNC(C)c1cccc(F)c1Oc1ccccc1I. The number of hydrogen-bond donors (Lipinski definition) is 1. The van der Waals surface area contributed by atoms with Gasteiger partial charge in [-0.05, 0) is 60.7 Å². The Balaban J connectivity index is 2.32. The third-order valence-electron chi connectivity index (χ3n) is 3.21. The minimum Gasteiger partial charge on any atom is -0.453 e. The second-order valence-electron chi connectivity index (χ2n) is 4.87. The molecule has 1 N–H and O–H groups in total. The number of rotatable bonds is 6. The number of halogens is 2. The van der Waals surface area contributed by atoms with Crippen molar-refractivity contribution in [3.8, 4) is 11.5 Å². The lowest BCUT2D eigenvalue weighted by Gasteiger charge is -2.19. The summed E-state index contributed by atoms with van der Waals surface area (Å²) in [7, 11) is 0. The van der Waals surface area contributed by atoms with Crippen molar-refractivity contribution in [2.75, 3.05) is 6.54 Å². The number of benzene rings is 2. The summed E-state index contributed by atoms with van der Waals surface area (Å²) in [5.74, 6) is 0.641. The van der Waals surface area contributed by atoms with E-state index in [1.807, 2.05) is 37.3 Å². The van der Waals surface area contributed by atoms with Crippen LogP contribution in [0.4, 0.5) is 4.39 Å². The van der Waals surface area contributed by atoms with Gasteiger partial charge in [0.05, 0.1) is 3.57 Å². The van der Waals surface area contributed by atoms with Gasteiger partial charge in [0, 0.05) is 11.6 Å². The van der Waals surface area contributed by atoms with Gasteiger partial charge >= 0.3 is 0 Å². The molecule has 0 aliphatic carbocycles. The van der Waals surface area contributed by atoms with Crippen molar-refractivity contribution in [2.24, 2.45) is 0 Å². The van der Waals surface area contributed by atoms with Crippen molar-refractivity contribution in [1.82, 2.24) is 5.32 Å².